The van der Waals surface area contributed by atoms with Gasteiger partial charge in [-0.25, -0.2) is 0 Å². The second-order valence-corrected chi connectivity index (χ2v) is 6.23. The second kappa shape index (κ2) is 9.59. The number of ether oxygens (including phenoxy) is 3. The number of nitrogens with one attached hydrogen (secondary N) is 1. The Bertz CT molecular complexity index is 953. The molecule has 1 aromatic heterocycles. The number of nitrogens with zero attached hydrogens (tertiary/aromatic N) is 2. The van der Waals surface area contributed by atoms with E-state index in [1.165, 1.54) is 0 Å². The van der Waals surface area contributed by atoms with Crippen molar-refractivity contribution < 1.29 is 23.4 Å². The largest absolute Gasteiger partial charge is 0.493 e. The highest BCUT2D eigenvalue weighted by Gasteiger charge is 2.08. The number of carbonyl (C=O) groups is 1. The Labute approximate surface area is 168 Å². The van der Waals surface area contributed by atoms with Gasteiger partial charge in [-0.3, -0.25) is 4.79 Å². The molecule has 1 N–H and O–H groups in total. The third-order valence-electron chi connectivity index (χ3n) is 4.18. The monoisotopic (exact) mass is 397 g/mol. The average molecular weight is 397 g/mol. The topological polar surface area (TPSA) is 95.7 Å². The molecule has 0 aliphatic heterocycles. The molecule has 0 saturated carbocycles. The summed E-state index contributed by atoms with van der Waals surface area (Å²) in [6, 6.07) is 12.8. The summed E-state index contributed by atoms with van der Waals surface area (Å²) in [4.78, 5) is 12.0. The van der Waals surface area contributed by atoms with E-state index in [-0.39, 0.29) is 12.5 Å². The number of amides is 1. The van der Waals surface area contributed by atoms with Gasteiger partial charge in [-0.15, -0.1) is 10.2 Å². The molecule has 3 aromatic rings. The normalized spacial score (nSPS) is 10.4. The molecule has 152 valence electrons. The summed E-state index contributed by atoms with van der Waals surface area (Å²) < 4.78 is 21.4. The Morgan fingerprint density at radius 1 is 1.03 bits per heavy atom. The predicted molar refractivity (Wildman–Crippen MR) is 106 cm³/mol. The molecule has 0 aliphatic carbocycles. The number of hydrogen-bond acceptors (Lipinski definition) is 7. The first kappa shape index (κ1) is 20.2. The Morgan fingerprint density at radius 3 is 2.45 bits per heavy atom. The first-order valence-electron chi connectivity index (χ1n) is 9.10. The van der Waals surface area contributed by atoms with Crippen LogP contribution in [-0.2, 0) is 11.2 Å². The minimum absolute atomic E-state index is 0.0645. The van der Waals surface area contributed by atoms with Crippen molar-refractivity contribution in [3.05, 3.63) is 53.9 Å². The highest BCUT2D eigenvalue weighted by atomic mass is 16.5. The van der Waals surface area contributed by atoms with Crippen molar-refractivity contribution >= 4 is 5.91 Å². The van der Waals surface area contributed by atoms with Crippen molar-refractivity contribution in [2.24, 2.45) is 0 Å². The van der Waals surface area contributed by atoms with Gasteiger partial charge in [0.2, 0.25) is 11.8 Å². The van der Waals surface area contributed by atoms with Gasteiger partial charge in [0, 0.05) is 19.0 Å². The molecule has 0 unspecified atom stereocenters. The van der Waals surface area contributed by atoms with Gasteiger partial charge in [0.15, 0.2) is 18.1 Å². The summed E-state index contributed by atoms with van der Waals surface area (Å²) >= 11 is 0. The summed E-state index contributed by atoms with van der Waals surface area (Å²) in [7, 11) is 3.19. The molecule has 0 fully saturated rings. The van der Waals surface area contributed by atoms with E-state index in [1.54, 1.807) is 45.4 Å². The van der Waals surface area contributed by atoms with Crippen molar-refractivity contribution in [3.8, 4) is 28.7 Å². The number of rotatable bonds is 9. The molecule has 0 atom stereocenters. The summed E-state index contributed by atoms with van der Waals surface area (Å²) in [5.41, 5.74) is 1.83. The highest BCUT2D eigenvalue weighted by molar-refractivity contribution is 5.77. The molecule has 0 saturated heterocycles. The van der Waals surface area contributed by atoms with Crippen LogP contribution < -0.4 is 19.5 Å². The van der Waals surface area contributed by atoms with Crippen LogP contribution in [0.3, 0.4) is 0 Å². The third kappa shape index (κ3) is 5.47. The predicted octanol–water partition coefficient (Wildman–Crippen LogP) is 2.80. The van der Waals surface area contributed by atoms with Crippen molar-refractivity contribution in [2.75, 3.05) is 27.4 Å². The van der Waals surface area contributed by atoms with Gasteiger partial charge >= 0.3 is 0 Å². The standard InChI is InChI=1S/C21H23N3O5/c1-14-23-24-21(29-14)16-5-7-17(8-6-16)28-13-20(25)22-11-10-15-4-9-18(26-2)19(12-15)27-3/h4-9,12H,10-11,13H2,1-3H3,(H,22,25). The summed E-state index contributed by atoms with van der Waals surface area (Å²) in [5, 5.41) is 10.6. The number of aryl methyl sites for hydroxylation is 1. The number of benzene rings is 2. The van der Waals surface area contributed by atoms with Gasteiger partial charge in [0.1, 0.15) is 5.75 Å². The number of methoxy groups -OCH3 is 2. The van der Waals surface area contributed by atoms with Crippen LogP contribution in [-0.4, -0.2) is 43.5 Å². The minimum atomic E-state index is -0.193. The van der Waals surface area contributed by atoms with Crippen LogP contribution >= 0.6 is 0 Å². The van der Waals surface area contributed by atoms with E-state index in [0.29, 0.717) is 42.0 Å². The van der Waals surface area contributed by atoms with Crippen molar-refractivity contribution in [3.63, 3.8) is 0 Å². The van der Waals surface area contributed by atoms with E-state index in [4.69, 9.17) is 18.6 Å². The fourth-order valence-corrected chi connectivity index (χ4v) is 2.69. The fourth-order valence-electron chi connectivity index (χ4n) is 2.69. The molecule has 29 heavy (non-hydrogen) atoms. The van der Waals surface area contributed by atoms with E-state index >= 15 is 0 Å². The maximum atomic E-state index is 12.0. The molecule has 1 amide bonds. The van der Waals surface area contributed by atoms with Crippen molar-refractivity contribution in [1.82, 2.24) is 15.5 Å². The molecule has 2 aromatic carbocycles. The molecule has 3 rings (SSSR count). The Hall–Kier alpha value is -3.55. The molecule has 0 radical (unpaired) electrons. The zero-order chi connectivity index (χ0) is 20.6. The second-order valence-electron chi connectivity index (χ2n) is 6.23. The first-order chi connectivity index (χ1) is 14.1. The van der Waals surface area contributed by atoms with Crippen LogP contribution in [0.25, 0.3) is 11.5 Å². The lowest BCUT2D eigenvalue weighted by Gasteiger charge is -2.10. The van der Waals surface area contributed by atoms with Crippen LogP contribution in [0.15, 0.2) is 46.9 Å². The Kier molecular flexibility index (Phi) is 6.67. The Morgan fingerprint density at radius 2 is 1.79 bits per heavy atom. The molecule has 0 bridgehead atoms. The molecular weight excluding hydrogens is 374 g/mol. The minimum Gasteiger partial charge on any atom is -0.493 e. The zero-order valence-electron chi connectivity index (χ0n) is 16.6. The summed E-state index contributed by atoms with van der Waals surface area (Å²) in [6.07, 6.45) is 0.671. The molecule has 8 heteroatoms. The number of carbonyl (C=O) groups excluding carboxylic acids is 1. The maximum Gasteiger partial charge on any atom is 0.257 e. The van der Waals surface area contributed by atoms with Crippen LogP contribution in [0.4, 0.5) is 0 Å². The van der Waals surface area contributed by atoms with Crippen LogP contribution in [0, 0.1) is 6.92 Å². The van der Waals surface area contributed by atoms with Gasteiger partial charge in [-0.2, -0.15) is 0 Å². The van der Waals surface area contributed by atoms with Gasteiger partial charge in [-0.05, 0) is 48.4 Å². The lowest BCUT2D eigenvalue weighted by atomic mass is 10.1. The van der Waals surface area contributed by atoms with E-state index in [2.05, 4.69) is 15.5 Å². The van der Waals surface area contributed by atoms with Crippen molar-refractivity contribution in [1.29, 1.82) is 0 Å². The third-order valence-corrected chi connectivity index (χ3v) is 4.18. The summed E-state index contributed by atoms with van der Waals surface area (Å²) in [6.45, 7) is 2.16. The van der Waals surface area contributed by atoms with Gasteiger partial charge in [-0.1, -0.05) is 6.07 Å². The Balaban J connectivity index is 1.43. The highest BCUT2D eigenvalue weighted by Crippen LogP contribution is 2.27. The summed E-state index contributed by atoms with van der Waals surface area (Å²) in [5.74, 6) is 2.68. The molecule has 0 aliphatic rings. The van der Waals surface area contributed by atoms with E-state index < -0.39 is 0 Å². The van der Waals surface area contributed by atoms with Crippen LogP contribution in [0.1, 0.15) is 11.5 Å². The van der Waals surface area contributed by atoms with E-state index in [9.17, 15) is 4.79 Å². The average Bonchev–Trinajstić information content (AvgIpc) is 3.18. The van der Waals surface area contributed by atoms with Crippen molar-refractivity contribution in [2.45, 2.75) is 13.3 Å². The van der Waals surface area contributed by atoms with Crippen LogP contribution in [0.5, 0.6) is 17.2 Å². The van der Waals surface area contributed by atoms with E-state index in [1.807, 2.05) is 18.2 Å². The molecule has 1 heterocycles. The van der Waals surface area contributed by atoms with Gasteiger partial charge in [0.05, 0.1) is 14.2 Å². The molecule has 0 spiro atoms. The van der Waals surface area contributed by atoms with Gasteiger partial charge < -0.3 is 23.9 Å². The smallest absolute Gasteiger partial charge is 0.257 e. The van der Waals surface area contributed by atoms with E-state index in [0.717, 1.165) is 11.1 Å². The lowest BCUT2D eigenvalue weighted by molar-refractivity contribution is -0.123. The molecular formula is C21H23N3O5. The zero-order valence-corrected chi connectivity index (χ0v) is 16.6. The fraction of sp³-hybridized carbons (Fsp3) is 0.286. The maximum absolute atomic E-state index is 12.0. The number of hydrogen-bond donors (Lipinski definition) is 1. The number of aromatic nitrogens is 2. The lowest BCUT2D eigenvalue weighted by Crippen LogP contribution is -2.30. The molecule has 8 nitrogen and oxygen atoms in total. The quantitative estimate of drug-likeness (QED) is 0.593. The SMILES string of the molecule is COc1ccc(CCNC(=O)COc2ccc(-c3nnc(C)o3)cc2)cc1OC. The van der Waals surface area contributed by atoms with Crippen LogP contribution in [0.2, 0.25) is 0 Å². The van der Waals surface area contributed by atoms with Gasteiger partial charge in [0.25, 0.3) is 5.91 Å². The first-order valence-corrected chi connectivity index (χ1v) is 9.10.